The molecule has 0 amide bonds. The molecule has 0 radical (unpaired) electrons. The topological polar surface area (TPSA) is 56.7 Å². The number of hydrogen-bond donors (Lipinski definition) is 1. The van der Waals surface area contributed by atoms with Crippen LogP contribution in [0.5, 0.6) is 0 Å². The van der Waals surface area contributed by atoms with E-state index in [1.807, 2.05) is 6.07 Å². The minimum absolute atomic E-state index is 0.325. The smallest absolute Gasteiger partial charge is 0.164 e. The van der Waals surface area contributed by atoms with Crippen molar-refractivity contribution < 1.29 is 0 Å². The normalized spacial score (nSPS) is 10.5. The summed E-state index contributed by atoms with van der Waals surface area (Å²) in [5, 5.41) is 5.07. The molecule has 2 rings (SSSR count). The molecule has 2 N–H and O–H groups in total. The van der Waals surface area contributed by atoms with Crippen molar-refractivity contribution in [2.24, 2.45) is 0 Å². The first kappa shape index (κ1) is 10.3. The van der Waals surface area contributed by atoms with E-state index in [-0.39, 0.29) is 0 Å². The van der Waals surface area contributed by atoms with Crippen molar-refractivity contribution in [1.29, 1.82) is 0 Å². The van der Waals surface area contributed by atoms with E-state index in [4.69, 9.17) is 28.9 Å². The van der Waals surface area contributed by atoms with Crippen LogP contribution in [0.2, 0.25) is 10.0 Å². The lowest BCUT2D eigenvalue weighted by Gasteiger charge is -2.00. The van der Waals surface area contributed by atoms with Crippen molar-refractivity contribution >= 4 is 29.0 Å². The zero-order valence-corrected chi connectivity index (χ0v) is 9.20. The summed E-state index contributed by atoms with van der Waals surface area (Å²) in [6.45, 7) is 0.522. The van der Waals surface area contributed by atoms with Gasteiger partial charge in [0.1, 0.15) is 5.02 Å². The molecule has 0 spiro atoms. The molecular weight excluding hydrogens is 235 g/mol. The van der Waals surface area contributed by atoms with Gasteiger partial charge in [-0.3, -0.25) is 9.67 Å². The molecule has 0 saturated carbocycles. The number of nitrogen functional groups attached to an aromatic ring is 1. The predicted molar refractivity (Wildman–Crippen MR) is 60.0 cm³/mol. The average Bonchev–Trinajstić information content (AvgIpc) is 2.50. The lowest BCUT2D eigenvalue weighted by atomic mass is 10.3. The summed E-state index contributed by atoms with van der Waals surface area (Å²) in [6, 6.07) is 3.60. The van der Waals surface area contributed by atoms with Gasteiger partial charge < -0.3 is 5.73 Å². The molecule has 0 aliphatic rings. The summed E-state index contributed by atoms with van der Waals surface area (Å²) >= 11 is 11.5. The summed E-state index contributed by atoms with van der Waals surface area (Å²) in [5.41, 5.74) is 6.36. The highest BCUT2D eigenvalue weighted by Crippen LogP contribution is 2.16. The van der Waals surface area contributed by atoms with E-state index < -0.39 is 0 Å². The van der Waals surface area contributed by atoms with Gasteiger partial charge in [-0.05, 0) is 12.1 Å². The molecule has 0 unspecified atom stereocenters. The third-order valence-electron chi connectivity index (χ3n) is 1.86. The van der Waals surface area contributed by atoms with Crippen LogP contribution in [0.4, 0.5) is 5.82 Å². The molecule has 78 valence electrons. The Morgan fingerprint density at radius 1 is 1.33 bits per heavy atom. The van der Waals surface area contributed by atoms with Gasteiger partial charge in [-0.15, -0.1) is 0 Å². The summed E-state index contributed by atoms with van der Waals surface area (Å²) in [5.74, 6) is 0.325. The molecule has 0 aliphatic carbocycles. The van der Waals surface area contributed by atoms with Gasteiger partial charge in [0.15, 0.2) is 5.82 Å². The highest BCUT2D eigenvalue weighted by atomic mass is 35.5. The fourth-order valence-corrected chi connectivity index (χ4v) is 1.42. The number of aromatic nitrogens is 3. The first-order valence-electron chi connectivity index (χ1n) is 4.24. The zero-order valence-electron chi connectivity index (χ0n) is 7.69. The largest absolute Gasteiger partial charge is 0.381 e. The van der Waals surface area contributed by atoms with Crippen LogP contribution < -0.4 is 5.73 Å². The van der Waals surface area contributed by atoms with Crippen molar-refractivity contribution in [2.45, 2.75) is 6.54 Å². The molecule has 0 aromatic carbocycles. The van der Waals surface area contributed by atoms with E-state index in [9.17, 15) is 0 Å². The highest BCUT2D eigenvalue weighted by molar-refractivity contribution is 6.32. The molecule has 6 heteroatoms. The third kappa shape index (κ3) is 2.40. The van der Waals surface area contributed by atoms with E-state index >= 15 is 0 Å². The Kier molecular flexibility index (Phi) is 2.79. The Balaban J connectivity index is 2.18. The van der Waals surface area contributed by atoms with Gasteiger partial charge in [-0.1, -0.05) is 23.2 Å². The van der Waals surface area contributed by atoms with E-state index in [1.165, 1.54) is 0 Å². The van der Waals surface area contributed by atoms with Crippen LogP contribution >= 0.6 is 23.2 Å². The van der Waals surface area contributed by atoms with Gasteiger partial charge in [0.25, 0.3) is 0 Å². The van der Waals surface area contributed by atoms with Crippen molar-refractivity contribution in [3.63, 3.8) is 0 Å². The monoisotopic (exact) mass is 242 g/mol. The molecule has 2 aromatic heterocycles. The summed E-state index contributed by atoms with van der Waals surface area (Å²) in [4.78, 5) is 4.14. The van der Waals surface area contributed by atoms with Gasteiger partial charge >= 0.3 is 0 Å². The van der Waals surface area contributed by atoms with E-state index in [0.29, 0.717) is 22.4 Å². The van der Waals surface area contributed by atoms with Crippen LogP contribution in [0.3, 0.4) is 0 Å². The second kappa shape index (κ2) is 4.08. The van der Waals surface area contributed by atoms with Crippen molar-refractivity contribution in [2.75, 3.05) is 5.73 Å². The maximum absolute atomic E-state index is 5.77. The van der Waals surface area contributed by atoms with Gasteiger partial charge in [0.2, 0.25) is 0 Å². The van der Waals surface area contributed by atoms with Gasteiger partial charge in [-0.25, -0.2) is 0 Å². The minimum Gasteiger partial charge on any atom is -0.381 e. The van der Waals surface area contributed by atoms with Crippen molar-refractivity contribution in [3.05, 3.63) is 40.3 Å². The highest BCUT2D eigenvalue weighted by Gasteiger charge is 2.03. The Labute approximate surface area is 96.6 Å². The predicted octanol–water partition coefficient (Wildman–Crippen LogP) is 2.22. The van der Waals surface area contributed by atoms with Gasteiger partial charge in [0.05, 0.1) is 17.3 Å². The van der Waals surface area contributed by atoms with E-state index in [0.717, 1.165) is 5.69 Å². The fourth-order valence-electron chi connectivity index (χ4n) is 1.16. The Morgan fingerprint density at radius 2 is 2.13 bits per heavy atom. The van der Waals surface area contributed by atoms with Crippen LogP contribution in [-0.4, -0.2) is 14.8 Å². The molecule has 15 heavy (non-hydrogen) atoms. The van der Waals surface area contributed by atoms with E-state index in [1.54, 1.807) is 23.1 Å². The van der Waals surface area contributed by atoms with Crippen LogP contribution in [0.25, 0.3) is 0 Å². The summed E-state index contributed by atoms with van der Waals surface area (Å²) in [6.07, 6.45) is 3.25. The number of nitrogens with two attached hydrogens (primary N) is 1. The molecule has 2 aromatic rings. The zero-order chi connectivity index (χ0) is 10.8. The Bertz CT molecular complexity index is 444. The van der Waals surface area contributed by atoms with Crippen LogP contribution in [0.1, 0.15) is 5.69 Å². The first-order chi connectivity index (χ1) is 7.15. The Hall–Kier alpha value is -1.26. The second-order valence-corrected chi connectivity index (χ2v) is 3.87. The lowest BCUT2D eigenvalue weighted by Crippen LogP contribution is -2.02. The summed E-state index contributed by atoms with van der Waals surface area (Å²) < 4.78 is 1.63. The number of halogens is 2. The number of anilines is 1. The maximum Gasteiger partial charge on any atom is 0.164 e. The number of nitrogens with zero attached hydrogens (tertiary/aromatic N) is 3. The fraction of sp³-hybridized carbons (Fsp3) is 0.111. The number of hydrogen-bond acceptors (Lipinski definition) is 3. The molecule has 0 saturated heterocycles. The molecule has 0 atom stereocenters. The van der Waals surface area contributed by atoms with Crippen LogP contribution in [0.15, 0.2) is 24.5 Å². The molecule has 0 fully saturated rings. The molecule has 0 bridgehead atoms. The quantitative estimate of drug-likeness (QED) is 0.879. The lowest BCUT2D eigenvalue weighted by molar-refractivity contribution is 0.676. The third-order valence-corrected chi connectivity index (χ3v) is 2.37. The first-order valence-corrected chi connectivity index (χ1v) is 4.99. The van der Waals surface area contributed by atoms with Crippen LogP contribution in [0, 0.1) is 0 Å². The maximum atomic E-state index is 5.77. The van der Waals surface area contributed by atoms with E-state index in [2.05, 4.69) is 10.1 Å². The standard InChI is InChI=1S/C9H8Cl2N4/c10-6-1-2-7(13-3-6)4-15-5-8(11)9(12)14-15/h1-3,5H,4H2,(H2,12,14). The molecule has 4 nitrogen and oxygen atoms in total. The molecule has 2 heterocycles. The summed E-state index contributed by atoms with van der Waals surface area (Å²) in [7, 11) is 0. The van der Waals surface area contributed by atoms with Crippen molar-refractivity contribution in [3.8, 4) is 0 Å². The average molecular weight is 243 g/mol. The van der Waals surface area contributed by atoms with Crippen LogP contribution in [-0.2, 0) is 6.54 Å². The van der Waals surface area contributed by atoms with Gasteiger partial charge in [-0.2, -0.15) is 5.10 Å². The van der Waals surface area contributed by atoms with Gasteiger partial charge in [0, 0.05) is 12.4 Å². The van der Waals surface area contributed by atoms with Crippen molar-refractivity contribution in [1.82, 2.24) is 14.8 Å². The second-order valence-electron chi connectivity index (χ2n) is 3.03. The number of pyridine rings is 1. The number of rotatable bonds is 2. The molecule has 0 aliphatic heterocycles. The Morgan fingerprint density at radius 3 is 2.67 bits per heavy atom. The minimum atomic E-state index is 0.325. The SMILES string of the molecule is Nc1nn(Cc2ccc(Cl)cn2)cc1Cl. The molecular formula is C9H8Cl2N4.